The van der Waals surface area contributed by atoms with Gasteiger partial charge in [0.15, 0.2) is 6.17 Å². The monoisotopic (exact) mass is 318 g/mol. The van der Waals surface area contributed by atoms with E-state index >= 15 is 0 Å². The number of carbonyl (C=O) groups is 1. The van der Waals surface area contributed by atoms with Gasteiger partial charge in [-0.25, -0.2) is 0 Å². The smallest absolute Gasteiger partial charge is 0.258 e. The molecule has 1 N–H and O–H groups in total. The van der Waals surface area contributed by atoms with E-state index in [0.717, 1.165) is 22.8 Å². The second-order valence-electron chi connectivity index (χ2n) is 5.96. The summed E-state index contributed by atoms with van der Waals surface area (Å²) in [5.41, 5.74) is 2.61. The van der Waals surface area contributed by atoms with Crippen LogP contribution >= 0.6 is 0 Å². The summed E-state index contributed by atoms with van der Waals surface area (Å²) in [6, 6.07) is 21.4. The minimum atomic E-state index is -0.318. The predicted octanol–water partition coefficient (Wildman–Crippen LogP) is 4.35. The lowest BCUT2D eigenvalue weighted by atomic mass is 10.1. The van der Waals surface area contributed by atoms with Gasteiger partial charge in [0, 0.05) is 12.2 Å². The third-order valence-corrected chi connectivity index (χ3v) is 4.25. The van der Waals surface area contributed by atoms with Gasteiger partial charge >= 0.3 is 0 Å². The number of furan rings is 1. The van der Waals surface area contributed by atoms with E-state index in [1.807, 2.05) is 78.6 Å². The Morgan fingerprint density at radius 3 is 2.50 bits per heavy atom. The van der Waals surface area contributed by atoms with Crippen molar-refractivity contribution in [2.24, 2.45) is 0 Å². The number of rotatable bonds is 3. The summed E-state index contributed by atoms with van der Waals surface area (Å²) in [7, 11) is 0. The van der Waals surface area contributed by atoms with Gasteiger partial charge in [-0.3, -0.25) is 4.79 Å². The van der Waals surface area contributed by atoms with Crippen LogP contribution in [0.5, 0.6) is 0 Å². The second kappa shape index (κ2) is 5.89. The molecule has 2 heterocycles. The molecule has 0 spiro atoms. The molecule has 2 aromatic carbocycles. The third kappa shape index (κ3) is 2.56. The molecule has 1 aliphatic heterocycles. The number of carbonyl (C=O) groups excluding carboxylic acids is 1. The van der Waals surface area contributed by atoms with Gasteiger partial charge in [-0.05, 0) is 36.8 Å². The molecule has 0 fully saturated rings. The van der Waals surface area contributed by atoms with Gasteiger partial charge in [0.05, 0.1) is 5.56 Å². The number of benzene rings is 2. The molecule has 4 rings (SSSR count). The number of hydrogen-bond donors (Lipinski definition) is 1. The second-order valence-corrected chi connectivity index (χ2v) is 5.96. The lowest BCUT2D eigenvalue weighted by Crippen LogP contribution is -2.42. The van der Waals surface area contributed by atoms with E-state index in [1.54, 1.807) is 0 Å². The standard InChI is InChI=1S/C20H18N2O2/c1-14-11-12-18(24-14)19-21-17-10-6-5-9-16(17)20(23)22(19)13-15-7-3-2-4-8-15/h2-12,19,21H,13H2,1H3/t19-/m0/s1. The molecule has 4 nitrogen and oxygen atoms in total. The number of para-hydroxylation sites is 1. The average molecular weight is 318 g/mol. The Kier molecular flexibility index (Phi) is 3.58. The molecule has 0 saturated carbocycles. The Bertz CT molecular complexity index is 870. The molecule has 1 aromatic heterocycles. The zero-order chi connectivity index (χ0) is 16.5. The van der Waals surface area contributed by atoms with E-state index < -0.39 is 0 Å². The number of nitrogens with zero attached hydrogens (tertiary/aromatic N) is 1. The van der Waals surface area contributed by atoms with Gasteiger partial charge in [0.1, 0.15) is 11.5 Å². The Labute approximate surface area is 140 Å². The highest BCUT2D eigenvalue weighted by Gasteiger charge is 2.34. The Morgan fingerprint density at radius 1 is 1.00 bits per heavy atom. The normalized spacial score (nSPS) is 16.6. The predicted molar refractivity (Wildman–Crippen MR) is 92.6 cm³/mol. The first-order valence-corrected chi connectivity index (χ1v) is 7.99. The van der Waals surface area contributed by atoms with Crippen LogP contribution in [0.4, 0.5) is 5.69 Å². The van der Waals surface area contributed by atoms with Gasteiger partial charge in [-0.2, -0.15) is 0 Å². The molecule has 1 aliphatic rings. The molecule has 120 valence electrons. The van der Waals surface area contributed by atoms with Gasteiger partial charge in [0.25, 0.3) is 5.91 Å². The number of anilines is 1. The van der Waals surface area contributed by atoms with Crippen molar-refractivity contribution in [1.29, 1.82) is 0 Å². The van der Waals surface area contributed by atoms with Crippen molar-refractivity contribution in [2.45, 2.75) is 19.6 Å². The minimum Gasteiger partial charge on any atom is -0.462 e. The molecule has 0 bridgehead atoms. The average Bonchev–Trinajstić information content (AvgIpc) is 3.04. The number of fused-ring (bicyclic) bond motifs is 1. The summed E-state index contributed by atoms with van der Waals surface area (Å²) in [5, 5.41) is 3.44. The molecule has 0 saturated heterocycles. The molecule has 0 radical (unpaired) electrons. The quantitative estimate of drug-likeness (QED) is 0.780. The van der Waals surface area contributed by atoms with E-state index in [4.69, 9.17) is 4.42 Å². The zero-order valence-electron chi connectivity index (χ0n) is 13.4. The van der Waals surface area contributed by atoms with Crippen LogP contribution in [0.1, 0.15) is 33.6 Å². The van der Waals surface area contributed by atoms with Crippen molar-refractivity contribution in [1.82, 2.24) is 4.90 Å². The zero-order valence-corrected chi connectivity index (χ0v) is 13.4. The molecule has 0 aliphatic carbocycles. The van der Waals surface area contributed by atoms with Crippen LogP contribution in [-0.2, 0) is 6.54 Å². The molecule has 4 heteroatoms. The highest BCUT2D eigenvalue weighted by atomic mass is 16.3. The molecule has 3 aromatic rings. The summed E-state index contributed by atoms with van der Waals surface area (Å²) in [6.07, 6.45) is -0.318. The van der Waals surface area contributed by atoms with E-state index in [2.05, 4.69) is 5.32 Å². The van der Waals surface area contributed by atoms with Gasteiger partial charge in [-0.1, -0.05) is 42.5 Å². The Hall–Kier alpha value is -3.01. The fraction of sp³-hybridized carbons (Fsp3) is 0.150. The molecule has 24 heavy (non-hydrogen) atoms. The van der Waals surface area contributed by atoms with E-state index in [0.29, 0.717) is 12.1 Å². The Morgan fingerprint density at radius 2 is 1.75 bits per heavy atom. The van der Waals surface area contributed by atoms with Crippen LogP contribution in [0.15, 0.2) is 71.1 Å². The van der Waals surface area contributed by atoms with Crippen LogP contribution in [-0.4, -0.2) is 10.8 Å². The maximum Gasteiger partial charge on any atom is 0.258 e. The highest BCUT2D eigenvalue weighted by Crippen LogP contribution is 2.34. The topological polar surface area (TPSA) is 45.5 Å². The molecule has 1 amide bonds. The summed E-state index contributed by atoms with van der Waals surface area (Å²) in [6.45, 7) is 2.43. The summed E-state index contributed by atoms with van der Waals surface area (Å²) in [5.74, 6) is 1.58. The summed E-state index contributed by atoms with van der Waals surface area (Å²) < 4.78 is 5.80. The fourth-order valence-corrected chi connectivity index (χ4v) is 3.06. The number of amides is 1. The third-order valence-electron chi connectivity index (χ3n) is 4.25. The first-order valence-electron chi connectivity index (χ1n) is 7.99. The summed E-state index contributed by atoms with van der Waals surface area (Å²) in [4.78, 5) is 14.9. The maximum atomic E-state index is 13.1. The first kappa shape index (κ1) is 14.6. The molecule has 1 atom stereocenters. The van der Waals surface area contributed by atoms with Gasteiger partial charge in [-0.15, -0.1) is 0 Å². The van der Waals surface area contributed by atoms with Gasteiger partial charge in [0.2, 0.25) is 0 Å². The van der Waals surface area contributed by atoms with Crippen molar-refractivity contribution < 1.29 is 9.21 Å². The maximum absolute atomic E-state index is 13.1. The van der Waals surface area contributed by atoms with Crippen LogP contribution in [0.3, 0.4) is 0 Å². The van der Waals surface area contributed by atoms with E-state index in [1.165, 1.54) is 0 Å². The Balaban J connectivity index is 1.75. The van der Waals surface area contributed by atoms with Crippen LogP contribution in [0.25, 0.3) is 0 Å². The van der Waals surface area contributed by atoms with Crippen molar-refractivity contribution >= 4 is 11.6 Å². The van der Waals surface area contributed by atoms with E-state index in [9.17, 15) is 4.79 Å². The van der Waals surface area contributed by atoms with Crippen molar-refractivity contribution in [3.8, 4) is 0 Å². The van der Waals surface area contributed by atoms with Crippen LogP contribution < -0.4 is 5.32 Å². The SMILES string of the molecule is Cc1ccc([C@H]2Nc3ccccc3C(=O)N2Cc2ccccc2)o1. The minimum absolute atomic E-state index is 0.00672. The largest absolute Gasteiger partial charge is 0.462 e. The fourth-order valence-electron chi connectivity index (χ4n) is 3.06. The lowest BCUT2D eigenvalue weighted by molar-refractivity contribution is 0.0644. The highest BCUT2D eigenvalue weighted by molar-refractivity contribution is 6.01. The first-order chi connectivity index (χ1) is 11.7. The number of hydrogen-bond acceptors (Lipinski definition) is 3. The molecular weight excluding hydrogens is 300 g/mol. The molecule has 0 unspecified atom stereocenters. The van der Waals surface area contributed by atoms with Crippen molar-refractivity contribution in [2.75, 3.05) is 5.32 Å². The summed E-state index contributed by atoms with van der Waals surface area (Å²) >= 11 is 0. The van der Waals surface area contributed by atoms with Crippen LogP contribution in [0.2, 0.25) is 0 Å². The number of nitrogens with one attached hydrogen (secondary N) is 1. The van der Waals surface area contributed by atoms with Crippen molar-refractivity contribution in [3.63, 3.8) is 0 Å². The number of aryl methyl sites for hydroxylation is 1. The molecular formula is C20H18N2O2. The van der Waals surface area contributed by atoms with Crippen LogP contribution in [0, 0.1) is 6.92 Å². The van der Waals surface area contributed by atoms with Gasteiger partial charge < -0.3 is 14.6 Å². The lowest BCUT2D eigenvalue weighted by Gasteiger charge is -2.36. The van der Waals surface area contributed by atoms with Crippen molar-refractivity contribution in [3.05, 3.63) is 89.4 Å². The van der Waals surface area contributed by atoms with E-state index in [-0.39, 0.29) is 12.1 Å².